The van der Waals surface area contributed by atoms with E-state index in [1.807, 2.05) is 44.4 Å². The Morgan fingerprint density at radius 3 is 2.29 bits per heavy atom. The first-order valence-corrected chi connectivity index (χ1v) is 4.48. The third-order valence-corrected chi connectivity index (χ3v) is 2.27. The van der Waals surface area contributed by atoms with E-state index in [-0.39, 0.29) is 10.5 Å². The Morgan fingerprint density at radius 2 is 1.79 bits per heavy atom. The van der Waals surface area contributed by atoms with Crippen molar-refractivity contribution >= 4 is 11.6 Å². The fourth-order valence-corrected chi connectivity index (χ4v) is 1.61. The molecule has 0 atom stereocenters. The van der Waals surface area contributed by atoms with Crippen molar-refractivity contribution in [2.75, 3.05) is 14.1 Å². The summed E-state index contributed by atoms with van der Waals surface area (Å²) in [6.45, 7) is 0. The van der Waals surface area contributed by atoms with Gasteiger partial charge in [0.05, 0.1) is 20.0 Å². The van der Waals surface area contributed by atoms with Crippen LogP contribution in [0.2, 0.25) is 0 Å². The largest absolute Gasteiger partial charge is 0.855 e. The van der Waals surface area contributed by atoms with E-state index in [4.69, 9.17) is 0 Å². The van der Waals surface area contributed by atoms with Crippen LogP contribution in [0.4, 0.5) is 0 Å². The van der Waals surface area contributed by atoms with Gasteiger partial charge >= 0.3 is 0 Å². The molecule has 0 bridgehead atoms. The molecule has 0 fully saturated rings. The van der Waals surface area contributed by atoms with Gasteiger partial charge in [0.15, 0.2) is 5.70 Å². The molecule has 2 rings (SSSR count). The molecule has 72 valence electrons. The lowest BCUT2D eigenvalue weighted by molar-refractivity contribution is -0.823. The second kappa shape index (κ2) is 2.96. The van der Waals surface area contributed by atoms with Crippen molar-refractivity contribution in [2.24, 2.45) is 5.10 Å². The molecule has 0 saturated heterocycles. The molecule has 1 aliphatic heterocycles. The summed E-state index contributed by atoms with van der Waals surface area (Å²) >= 11 is 0. The molecule has 1 aromatic rings. The summed E-state index contributed by atoms with van der Waals surface area (Å²) in [5.74, 6) is -0.158. The molecule has 0 N–H and O–H groups in total. The van der Waals surface area contributed by atoms with E-state index in [0.29, 0.717) is 0 Å². The van der Waals surface area contributed by atoms with Gasteiger partial charge in [0.1, 0.15) is 0 Å². The maximum atomic E-state index is 11.2. The van der Waals surface area contributed by atoms with Crippen LogP contribution in [0.3, 0.4) is 0 Å². The van der Waals surface area contributed by atoms with Crippen molar-refractivity contribution in [2.45, 2.75) is 0 Å². The van der Waals surface area contributed by atoms with Crippen LogP contribution < -0.4 is 5.11 Å². The smallest absolute Gasteiger partial charge is 0.167 e. The van der Waals surface area contributed by atoms with Crippen LogP contribution in [0.1, 0.15) is 5.56 Å². The third kappa shape index (κ3) is 1.42. The van der Waals surface area contributed by atoms with E-state index in [1.54, 1.807) is 6.08 Å². The quantitative estimate of drug-likeness (QED) is 0.600. The van der Waals surface area contributed by atoms with Gasteiger partial charge in [0.2, 0.25) is 0 Å². The maximum absolute atomic E-state index is 11.2. The lowest BCUT2D eigenvalue weighted by atomic mass is 10.1. The molecule has 0 unspecified atom stereocenters. The van der Waals surface area contributed by atoms with Crippen molar-refractivity contribution in [1.29, 1.82) is 0 Å². The molecule has 0 saturated carbocycles. The van der Waals surface area contributed by atoms with Gasteiger partial charge in [-0.05, 0) is 12.1 Å². The Labute approximate surface area is 83.2 Å². The van der Waals surface area contributed by atoms with E-state index in [1.165, 1.54) is 0 Å². The van der Waals surface area contributed by atoms with E-state index in [2.05, 4.69) is 5.10 Å². The minimum Gasteiger partial charge on any atom is -0.855 e. The van der Waals surface area contributed by atoms with Crippen LogP contribution in [0, 0.1) is 0 Å². The Hall–Kier alpha value is -1.61. The number of benzene rings is 1. The lowest BCUT2D eigenvalue weighted by Gasteiger charge is -2.21. The van der Waals surface area contributed by atoms with Crippen molar-refractivity contribution in [3.05, 3.63) is 42.0 Å². The van der Waals surface area contributed by atoms with Gasteiger partial charge in [-0.2, -0.15) is 4.59 Å². The zero-order valence-electron chi connectivity index (χ0n) is 8.27. The summed E-state index contributed by atoms with van der Waals surface area (Å²) in [7, 11) is 3.79. The molecular formula is C11H12N2O. The first-order chi connectivity index (χ1) is 6.59. The highest BCUT2D eigenvalue weighted by atomic mass is 16.3. The zero-order chi connectivity index (χ0) is 10.2. The van der Waals surface area contributed by atoms with Gasteiger partial charge in [-0.15, -0.1) is 0 Å². The minimum atomic E-state index is -0.158. The summed E-state index contributed by atoms with van der Waals surface area (Å²) in [4.78, 5) is 0. The number of hydrogen-bond acceptors (Lipinski definition) is 2. The number of rotatable bonds is 1. The predicted octanol–water partition coefficient (Wildman–Crippen LogP) is 0.791. The molecule has 3 heteroatoms. The highest BCUT2D eigenvalue weighted by Crippen LogP contribution is 2.27. The van der Waals surface area contributed by atoms with Gasteiger partial charge < -0.3 is 5.11 Å². The predicted molar refractivity (Wildman–Crippen MR) is 54.0 cm³/mol. The van der Waals surface area contributed by atoms with Crippen LogP contribution in [0.5, 0.6) is 0 Å². The molecule has 0 aromatic heterocycles. The highest BCUT2D eigenvalue weighted by molar-refractivity contribution is 5.92. The van der Waals surface area contributed by atoms with Gasteiger partial charge in [-0.25, -0.2) is 0 Å². The molecule has 1 aromatic carbocycles. The fourth-order valence-electron chi connectivity index (χ4n) is 1.61. The Bertz CT molecular complexity index is 405. The fraction of sp³-hybridized carbons (Fsp3) is 0.182. The van der Waals surface area contributed by atoms with E-state index < -0.39 is 0 Å². The van der Waals surface area contributed by atoms with Crippen LogP contribution >= 0.6 is 0 Å². The molecule has 3 nitrogen and oxygen atoms in total. The normalized spacial score (nSPS) is 19.0. The topological polar surface area (TPSA) is 35.4 Å². The molecule has 0 amide bonds. The number of hydrogen-bond donors (Lipinski definition) is 0. The van der Waals surface area contributed by atoms with Gasteiger partial charge in [-0.1, -0.05) is 23.3 Å². The van der Waals surface area contributed by atoms with Crippen LogP contribution in [-0.2, 0) is 0 Å². The Balaban J connectivity index is 2.44. The number of nitrogens with zero attached hydrogens (tertiary/aromatic N) is 2. The van der Waals surface area contributed by atoms with Crippen molar-refractivity contribution in [3.8, 4) is 0 Å². The van der Waals surface area contributed by atoms with Crippen LogP contribution in [0.25, 0.3) is 5.70 Å². The van der Waals surface area contributed by atoms with Gasteiger partial charge in [-0.3, -0.25) is 0 Å². The van der Waals surface area contributed by atoms with Crippen molar-refractivity contribution < 1.29 is 9.70 Å². The monoisotopic (exact) mass is 188 g/mol. The summed E-state index contributed by atoms with van der Waals surface area (Å²) in [6, 6.07) is 9.84. The van der Waals surface area contributed by atoms with Gasteiger partial charge in [0, 0.05) is 11.6 Å². The standard InChI is InChI=1S/C11H12N2O/c1-13(2)10(8-11(14)12-13)9-6-4-3-5-7-9/h3-8H,1-2H3. The van der Waals surface area contributed by atoms with Crippen molar-refractivity contribution in [3.63, 3.8) is 0 Å². The SMILES string of the molecule is C[N+]1(C)N=C([O-])C=C1c1ccccc1. The average molecular weight is 188 g/mol. The summed E-state index contributed by atoms with van der Waals surface area (Å²) in [5, 5.41) is 15.2. The number of quaternary nitrogens is 1. The second-order valence-electron chi connectivity index (χ2n) is 3.73. The Morgan fingerprint density at radius 1 is 1.14 bits per heavy atom. The van der Waals surface area contributed by atoms with E-state index >= 15 is 0 Å². The highest BCUT2D eigenvalue weighted by Gasteiger charge is 2.27. The Kier molecular flexibility index (Phi) is 1.89. The summed E-state index contributed by atoms with van der Waals surface area (Å²) in [6.07, 6.45) is 1.59. The minimum absolute atomic E-state index is 0.158. The van der Waals surface area contributed by atoms with E-state index in [9.17, 15) is 5.11 Å². The lowest BCUT2D eigenvalue weighted by Crippen LogP contribution is -2.29. The first-order valence-electron chi connectivity index (χ1n) is 4.48. The molecular weight excluding hydrogens is 176 g/mol. The zero-order valence-corrected chi connectivity index (χ0v) is 8.27. The molecule has 1 aliphatic rings. The van der Waals surface area contributed by atoms with Crippen molar-refractivity contribution in [1.82, 2.24) is 0 Å². The van der Waals surface area contributed by atoms with Crippen LogP contribution in [-0.4, -0.2) is 24.6 Å². The molecule has 1 heterocycles. The van der Waals surface area contributed by atoms with Gasteiger partial charge in [0.25, 0.3) is 0 Å². The van der Waals surface area contributed by atoms with E-state index in [0.717, 1.165) is 11.3 Å². The third-order valence-electron chi connectivity index (χ3n) is 2.27. The molecule has 0 radical (unpaired) electrons. The second-order valence-corrected chi connectivity index (χ2v) is 3.73. The molecule has 0 spiro atoms. The maximum Gasteiger partial charge on any atom is 0.167 e. The first kappa shape index (κ1) is 8.97. The summed E-state index contributed by atoms with van der Waals surface area (Å²) < 4.78 is 0.281. The summed E-state index contributed by atoms with van der Waals surface area (Å²) in [5.41, 5.74) is 1.99. The average Bonchev–Trinajstić information content (AvgIpc) is 2.41. The molecule has 0 aliphatic carbocycles. The van der Waals surface area contributed by atoms with Crippen LogP contribution in [0.15, 0.2) is 41.5 Å². The molecule has 14 heavy (non-hydrogen) atoms.